The molecular formula is C17H13FN2O3. The minimum atomic E-state index is -0.869. The zero-order chi connectivity index (χ0) is 16.8. The largest absolute Gasteiger partial charge is 0.444 e. The van der Waals surface area contributed by atoms with Crippen molar-refractivity contribution in [1.82, 2.24) is 0 Å². The van der Waals surface area contributed by atoms with Crippen molar-refractivity contribution in [3.8, 4) is 0 Å². The third-order valence-corrected chi connectivity index (χ3v) is 3.01. The van der Waals surface area contributed by atoms with Gasteiger partial charge in [-0.15, -0.1) is 0 Å². The highest BCUT2D eigenvalue weighted by molar-refractivity contribution is 6.01. The zero-order valence-electron chi connectivity index (χ0n) is 12.3. The summed E-state index contributed by atoms with van der Waals surface area (Å²) in [5.74, 6) is -1.33. The lowest BCUT2D eigenvalue weighted by atomic mass is 10.1. The van der Waals surface area contributed by atoms with Crippen LogP contribution >= 0.6 is 0 Å². The highest BCUT2D eigenvalue weighted by Crippen LogP contribution is 2.28. The molecule has 0 fully saturated rings. The monoisotopic (exact) mass is 312 g/mol. The van der Waals surface area contributed by atoms with Crippen LogP contribution in [0.15, 0.2) is 42.5 Å². The summed E-state index contributed by atoms with van der Waals surface area (Å²) >= 11 is 0. The van der Waals surface area contributed by atoms with Gasteiger partial charge in [-0.2, -0.15) is 0 Å². The second-order valence-electron chi connectivity index (χ2n) is 4.71. The Morgan fingerprint density at radius 2 is 1.96 bits per heavy atom. The van der Waals surface area contributed by atoms with Gasteiger partial charge in [0.15, 0.2) is 0 Å². The molecule has 116 valence electrons. The second-order valence-corrected chi connectivity index (χ2v) is 4.71. The van der Waals surface area contributed by atoms with E-state index in [1.165, 1.54) is 13.0 Å². The van der Waals surface area contributed by atoms with Gasteiger partial charge >= 0.3 is 6.09 Å². The molecule has 0 aromatic heterocycles. The van der Waals surface area contributed by atoms with Crippen LogP contribution in [0.4, 0.5) is 20.6 Å². The van der Waals surface area contributed by atoms with E-state index < -0.39 is 17.7 Å². The van der Waals surface area contributed by atoms with Crippen molar-refractivity contribution in [2.45, 2.75) is 13.5 Å². The number of benzene rings is 2. The Labute approximate surface area is 132 Å². The summed E-state index contributed by atoms with van der Waals surface area (Å²) in [6.45, 7) is 8.20. The summed E-state index contributed by atoms with van der Waals surface area (Å²) in [6, 6.07) is 11.3. The summed E-state index contributed by atoms with van der Waals surface area (Å²) in [5, 5.41) is 2.34. The lowest BCUT2D eigenvalue weighted by molar-refractivity contribution is 0.101. The molecule has 2 aromatic carbocycles. The SMILES string of the molecule is [C-]#[N+]c1c(F)cc(NC(=O)OCc2ccccc2)cc1C(C)=O. The van der Waals surface area contributed by atoms with Crippen LogP contribution in [0.1, 0.15) is 22.8 Å². The summed E-state index contributed by atoms with van der Waals surface area (Å²) in [4.78, 5) is 26.2. The van der Waals surface area contributed by atoms with Crippen molar-refractivity contribution < 1.29 is 18.7 Å². The predicted molar refractivity (Wildman–Crippen MR) is 82.9 cm³/mol. The van der Waals surface area contributed by atoms with Gasteiger partial charge in [0.05, 0.1) is 6.57 Å². The number of halogens is 1. The summed E-state index contributed by atoms with van der Waals surface area (Å²) in [5.41, 5.74) is 0.416. The van der Waals surface area contributed by atoms with E-state index in [2.05, 4.69) is 10.2 Å². The van der Waals surface area contributed by atoms with Crippen molar-refractivity contribution in [3.05, 3.63) is 70.8 Å². The minimum Gasteiger partial charge on any atom is -0.444 e. The number of nitrogens with zero attached hydrogens (tertiary/aromatic N) is 1. The van der Waals surface area contributed by atoms with Crippen LogP contribution in [0.3, 0.4) is 0 Å². The van der Waals surface area contributed by atoms with Gasteiger partial charge in [0.1, 0.15) is 18.2 Å². The number of nitrogens with one attached hydrogen (secondary N) is 1. The first-order valence-electron chi connectivity index (χ1n) is 6.71. The van der Waals surface area contributed by atoms with Gasteiger partial charge in [-0.05, 0) is 24.6 Å². The van der Waals surface area contributed by atoms with Crippen LogP contribution in [0.5, 0.6) is 0 Å². The van der Waals surface area contributed by atoms with Crippen LogP contribution in [0, 0.1) is 12.4 Å². The molecule has 2 aromatic rings. The number of ketones is 1. The van der Waals surface area contributed by atoms with Crippen molar-refractivity contribution in [3.63, 3.8) is 0 Å². The fourth-order valence-corrected chi connectivity index (χ4v) is 1.93. The fourth-order valence-electron chi connectivity index (χ4n) is 1.93. The topological polar surface area (TPSA) is 59.8 Å². The van der Waals surface area contributed by atoms with Gasteiger partial charge in [-0.1, -0.05) is 30.3 Å². The first-order chi connectivity index (χ1) is 11.0. The second kappa shape index (κ2) is 7.18. The van der Waals surface area contributed by atoms with Crippen LogP contribution in [0.2, 0.25) is 0 Å². The molecule has 5 nitrogen and oxygen atoms in total. The van der Waals surface area contributed by atoms with E-state index in [1.54, 1.807) is 12.1 Å². The van der Waals surface area contributed by atoms with Crippen molar-refractivity contribution in [2.75, 3.05) is 5.32 Å². The van der Waals surface area contributed by atoms with Crippen LogP contribution in [0.25, 0.3) is 4.85 Å². The van der Waals surface area contributed by atoms with Crippen molar-refractivity contribution >= 4 is 23.3 Å². The van der Waals surface area contributed by atoms with E-state index in [0.717, 1.165) is 11.6 Å². The smallest absolute Gasteiger partial charge is 0.411 e. The molecule has 0 aliphatic carbocycles. The Morgan fingerprint density at radius 3 is 2.57 bits per heavy atom. The molecule has 1 amide bonds. The normalized spacial score (nSPS) is 9.78. The third-order valence-electron chi connectivity index (χ3n) is 3.01. The van der Waals surface area contributed by atoms with Gasteiger partial charge in [0, 0.05) is 11.3 Å². The lowest BCUT2D eigenvalue weighted by Crippen LogP contribution is -2.14. The summed E-state index contributed by atoms with van der Waals surface area (Å²) in [7, 11) is 0. The molecule has 0 aliphatic heterocycles. The Hall–Kier alpha value is -3.20. The third kappa shape index (κ3) is 4.14. The van der Waals surface area contributed by atoms with Crippen LogP contribution in [-0.2, 0) is 11.3 Å². The summed E-state index contributed by atoms with van der Waals surface area (Å²) in [6.07, 6.45) is -0.779. The number of carbonyl (C=O) groups excluding carboxylic acids is 2. The Bertz CT molecular complexity index is 782. The molecule has 0 unspecified atom stereocenters. The van der Waals surface area contributed by atoms with E-state index in [9.17, 15) is 14.0 Å². The first-order valence-corrected chi connectivity index (χ1v) is 6.71. The lowest BCUT2D eigenvalue weighted by Gasteiger charge is -2.09. The van der Waals surface area contributed by atoms with Gasteiger partial charge in [-0.25, -0.2) is 14.0 Å². The summed E-state index contributed by atoms with van der Waals surface area (Å²) < 4.78 is 18.8. The Balaban J connectivity index is 2.09. The first kappa shape index (κ1) is 16.2. The zero-order valence-corrected chi connectivity index (χ0v) is 12.3. The molecule has 0 spiro atoms. The van der Waals surface area contributed by atoms with Gasteiger partial charge in [0.2, 0.25) is 5.69 Å². The standard InChI is InChI=1S/C17H13FN2O3/c1-11(21)14-8-13(9-15(18)16(14)19-2)20-17(22)23-10-12-6-4-3-5-7-12/h3-9H,10H2,1H3,(H,20,22). The maximum atomic E-state index is 13.8. The molecule has 6 heteroatoms. The van der Waals surface area contributed by atoms with E-state index in [4.69, 9.17) is 11.3 Å². The number of hydrogen-bond acceptors (Lipinski definition) is 3. The average molecular weight is 312 g/mol. The molecule has 2 rings (SSSR count). The maximum absolute atomic E-state index is 13.8. The molecule has 0 radical (unpaired) electrons. The van der Waals surface area contributed by atoms with Crippen molar-refractivity contribution in [2.24, 2.45) is 0 Å². The van der Waals surface area contributed by atoms with E-state index >= 15 is 0 Å². The number of hydrogen-bond donors (Lipinski definition) is 1. The minimum absolute atomic E-state index is 0.0539. The maximum Gasteiger partial charge on any atom is 0.411 e. The molecule has 23 heavy (non-hydrogen) atoms. The Morgan fingerprint density at radius 1 is 1.26 bits per heavy atom. The number of ether oxygens (including phenoxy) is 1. The van der Waals surface area contributed by atoms with Crippen molar-refractivity contribution in [1.29, 1.82) is 0 Å². The van der Waals surface area contributed by atoms with Gasteiger partial charge in [-0.3, -0.25) is 10.1 Å². The van der Waals surface area contributed by atoms with E-state index in [1.807, 2.05) is 18.2 Å². The number of Topliss-reactive ketones (excluding diaryl/α,β-unsaturated/α-hetero) is 1. The molecule has 0 atom stereocenters. The van der Waals surface area contributed by atoms with Gasteiger partial charge in [0.25, 0.3) is 0 Å². The highest BCUT2D eigenvalue weighted by atomic mass is 19.1. The fraction of sp³-hybridized carbons (Fsp3) is 0.118. The molecule has 0 saturated heterocycles. The molecular weight excluding hydrogens is 299 g/mol. The van der Waals surface area contributed by atoms with E-state index in [0.29, 0.717) is 0 Å². The van der Waals surface area contributed by atoms with Crippen LogP contribution < -0.4 is 5.32 Å². The molecule has 1 N–H and O–H groups in total. The highest BCUT2D eigenvalue weighted by Gasteiger charge is 2.16. The van der Waals surface area contributed by atoms with Gasteiger partial charge < -0.3 is 4.74 Å². The molecule has 0 aliphatic rings. The number of amides is 1. The number of carbonyl (C=O) groups is 2. The average Bonchev–Trinajstić information content (AvgIpc) is 2.53. The van der Waals surface area contributed by atoms with Crippen LogP contribution in [-0.4, -0.2) is 11.9 Å². The predicted octanol–water partition coefficient (Wildman–Crippen LogP) is 4.33. The quantitative estimate of drug-likeness (QED) is 0.675. The number of anilines is 1. The molecule has 0 saturated carbocycles. The number of rotatable bonds is 4. The molecule has 0 bridgehead atoms. The van der Waals surface area contributed by atoms with E-state index in [-0.39, 0.29) is 23.5 Å². The molecule has 0 heterocycles. The Kier molecular flexibility index (Phi) is 5.05.